The van der Waals surface area contributed by atoms with Gasteiger partial charge in [-0.25, -0.2) is 0 Å². The molecule has 3 aromatic rings. The lowest BCUT2D eigenvalue weighted by molar-refractivity contribution is 0.453. The maximum atomic E-state index is 12.4. The third-order valence-electron chi connectivity index (χ3n) is 7.10. The van der Waals surface area contributed by atoms with Crippen LogP contribution in [0, 0.1) is 0 Å². The Morgan fingerprint density at radius 2 is 1.40 bits per heavy atom. The zero-order chi connectivity index (χ0) is 24.8. The van der Waals surface area contributed by atoms with Crippen molar-refractivity contribution in [1.29, 1.82) is 0 Å². The largest absolute Gasteiger partial charge is 0.508 e. The zero-order valence-corrected chi connectivity index (χ0v) is 20.4. The Balaban J connectivity index is 1.76. The van der Waals surface area contributed by atoms with E-state index < -0.39 is 5.41 Å². The average molecular weight is 464 g/mol. The molecule has 1 aliphatic carbocycles. The molecule has 5 rings (SSSR count). The first-order chi connectivity index (χ1) is 16.7. The first-order valence-electron chi connectivity index (χ1n) is 11.8. The predicted octanol–water partition coefficient (Wildman–Crippen LogP) is 6.02. The second-order valence-corrected chi connectivity index (χ2v) is 10.1. The van der Waals surface area contributed by atoms with Crippen LogP contribution < -0.4 is 5.43 Å². The summed E-state index contributed by atoms with van der Waals surface area (Å²) in [5.41, 5.74) is 5.19. The van der Waals surface area contributed by atoms with E-state index in [1.807, 2.05) is 30.3 Å². The maximum Gasteiger partial charge on any atom is 0.208 e. The summed E-state index contributed by atoms with van der Waals surface area (Å²) in [6.45, 7) is 8.63. The van der Waals surface area contributed by atoms with Gasteiger partial charge in [-0.1, -0.05) is 88.4 Å². The molecule has 0 bridgehead atoms. The lowest BCUT2D eigenvalue weighted by Crippen LogP contribution is -2.24. The number of H-pyrrole nitrogens is 1. The Bertz CT molecular complexity index is 1530. The molecule has 0 saturated carbocycles. The smallest absolute Gasteiger partial charge is 0.208 e. The number of aromatic nitrogens is 3. The van der Waals surface area contributed by atoms with E-state index in [0.29, 0.717) is 11.4 Å². The van der Waals surface area contributed by atoms with Crippen molar-refractivity contribution < 1.29 is 5.11 Å². The Morgan fingerprint density at radius 3 is 2.09 bits per heavy atom. The van der Waals surface area contributed by atoms with Gasteiger partial charge in [-0.05, 0) is 47.0 Å². The van der Waals surface area contributed by atoms with E-state index in [0.717, 1.165) is 22.4 Å². The fraction of sp³-hybridized carbons (Fsp3) is 0.200. The van der Waals surface area contributed by atoms with Crippen LogP contribution in [-0.2, 0) is 10.8 Å². The Hall–Kier alpha value is -4.12. The summed E-state index contributed by atoms with van der Waals surface area (Å²) < 4.78 is 0. The summed E-state index contributed by atoms with van der Waals surface area (Å²) in [5.74, 6) is 0.263. The molecule has 0 unspecified atom stereocenters. The van der Waals surface area contributed by atoms with Crippen LogP contribution in [0.2, 0.25) is 0 Å². The van der Waals surface area contributed by atoms with Gasteiger partial charge in [0, 0.05) is 16.4 Å². The van der Waals surface area contributed by atoms with Crippen molar-refractivity contribution in [2.75, 3.05) is 0 Å². The van der Waals surface area contributed by atoms with Gasteiger partial charge in [0.15, 0.2) is 5.69 Å². The molecule has 0 fully saturated rings. The number of hydrogen-bond donors (Lipinski definition) is 2. The Morgan fingerprint density at radius 1 is 0.743 bits per heavy atom. The molecule has 0 radical (unpaired) electrons. The second-order valence-electron chi connectivity index (χ2n) is 10.1. The maximum absolute atomic E-state index is 12.4. The van der Waals surface area contributed by atoms with Gasteiger partial charge in [0.1, 0.15) is 5.75 Å². The van der Waals surface area contributed by atoms with Gasteiger partial charge in [-0.2, -0.15) is 4.80 Å². The zero-order valence-electron chi connectivity index (χ0n) is 20.4. The third-order valence-corrected chi connectivity index (χ3v) is 7.10. The minimum Gasteiger partial charge on any atom is -0.508 e. The normalized spacial score (nSPS) is 12.2. The van der Waals surface area contributed by atoms with Gasteiger partial charge in [-0.3, -0.25) is 9.89 Å². The standard InChI is InChI=1S/C30H29N3O2/c1-29(2,20-11-6-5-7-12-20)21-17-22(30(3,4)24-13-8-9-15-26(24)34)19-23(18-21)33-31-25-14-10-16-27(35)28(25)32-33/h5-19,31,34H,1-4H3. The Kier molecular flexibility index (Phi) is 5.36. The molecule has 3 aromatic carbocycles. The topological polar surface area (TPSA) is 70.9 Å². The average Bonchev–Trinajstić information content (AvgIpc) is 3.30. The molecule has 0 amide bonds. The summed E-state index contributed by atoms with van der Waals surface area (Å²) in [6.07, 6.45) is 0. The molecule has 2 aliphatic rings. The van der Waals surface area contributed by atoms with Crippen LogP contribution >= 0.6 is 0 Å². The van der Waals surface area contributed by atoms with Crippen molar-refractivity contribution in [3.63, 3.8) is 0 Å². The number of rotatable bonds is 5. The van der Waals surface area contributed by atoms with Crippen LogP contribution in [0.15, 0.2) is 95.8 Å². The number of fused-ring (bicyclic) bond motifs is 1. The third kappa shape index (κ3) is 3.93. The van der Waals surface area contributed by atoms with Crippen LogP contribution in [0.3, 0.4) is 0 Å². The van der Waals surface area contributed by atoms with E-state index in [1.165, 1.54) is 11.6 Å². The quantitative estimate of drug-likeness (QED) is 0.335. The number of para-hydroxylation sites is 1. The van der Waals surface area contributed by atoms with E-state index in [2.05, 4.69) is 80.4 Å². The van der Waals surface area contributed by atoms with Gasteiger partial charge in [0.2, 0.25) is 5.43 Å². The van der Waals surface area contributed by atoms with Crippen molar-refractivity contribution in [1.82, 2.24) is 15.0 Å². The summed E-state index contributed by atoms with van der Waals surface area (Å²) in [7, 11) is 0. The van der Waals surface area contributed by atoms with Crippen molar-refractivity contribution in [2.45, 2.75) is 38.5 Å². The number of aromatic hydroxyl groups is 1. The summed E-state index contributed by atoms with van der Waals surface area (Å²) in [5, 5.41) is 18.5. The fourth-order valence-corrected chi connectivity index (χ4v) is 4.71. The SMILES string of the molecule is CC(C)(c1ccccc1)c1cc(-n2nc3c(=O)cccc-3[nH]2)cc(C(C)(C)c2ccccc2O)c1. The first kappa shape index (κ1) is 22.7. The highest BCUT2D eigenvalue weighted by atomic mass is 16.3. The molecule has 5 heteroatoms. The van der Waals surface area contributed by atoms with Gasteiger partial charge in [-0.15, -0.1) is 5.10 Å². The highest BCUT2D eigenvalue weighted by Gasteiger charge is 2.30. The highest BCUT2D eigenvalue weighted by Crippen LogP contribution is 2.40. The van der Waals surface area contributed by atoms with Crippen LogP contribution in [0.5, 0.6) is 5.75 Å². The van der Waals surface area contributed by atoms with Crippen molar-refractivity contribution in [2.24, 2.45) is 0 Å². The van der Waals surface area contributed by atoms with Crippen LogP contribution in [0.25, 0.3) is 17.1 Å². The minimum absolute atomic E-state index is 0.118. The lowest BCUT2D eigenvalue weighted by Gasteiger charge is -2.32. The van der Waals surface area contributed by atoms with E-state index in [4.69, 9.17) is 0 Å². The molecule has 176 valence electrons. The summed E-state index contributed by atoms with van der Waals surface area (Å²) in [6, 6.07) is 29.4. The van der Waals surface area contributed by atoms with Crippen molar-refractivity contribution >= 4 is 0 Å². The predicted molar refractivity (Wildman–Crippen MR) is 140 cm³/mol. The van der Waals surface area contributed by atoms with E-state index in [-0.39, 0.29) is 16.6 Å². The van der Waals surface area contributed by atoms with Crippen molar-refractivity contribution in [3.05, 3.63) is 123 Å². The molecule has 1 aliphatic heterocycles. The van der Waals surface area contributed by atoms with Gasteiger partial charge < -0.3 is 5.11 Å². The van der Waals surface area contributed by atoms with Gasteiger partial charge >= 0.3 is 0 Å². The van der Waals surface area contributed by atoms with Crippen LogP contribution in [0.1, 0.15) is 49.9 Å². The van der Waals surface area contributed by atoms with Gasteiger partial charge in [0.05, 0.1) is 11.4 Å². The molecular weight excluding hydrogens is 434 g/mol. The lowest BCUT2D eigenvalue weighted by atomic mass is 9.73. The number of benzene rings is 4. The second kappa shape index (κ2) is 8.27. The molecular formula is C30H29N3O2. The molecule has 5 nitrogen and oxygen atoms in total. The molecule has 1 heterocycles. The summed E-state index contributed by atoms with van der Waals surface area (Å²) >= 11 is 0. The molecule has 0 spiro atoms. The summed E-state index contributed by atoms with van der Waals surface area (Å²) in [4.78, 5) is 14.0. The molecule has 2 N–H and O–H groups in total. The number of phenols is 1. The molecule has 0 aromatic heterocycles. The van der Waals surface area contributed by atoms with E-state index in [9.17, 15) is 9.90 Å². The minimum atomic E-state index is -0.487. The number of nitrogens with zero attached hydrogens (tertiary/aromatic N) is 2. The number of hydrogen-bond acceptors (Lipinski definition) is 3. The van der Waals surface area contributed by atoms with E-state index in [1.54, 1.807) is 16.9 Å². The van der Waals surface area contributed by atoms with Crippen LogP contribution in [-0.4, -0.2) is 20.1 Å². The number of nitrogens with one attached hydrogen (secondary N) is 1. The van der Waals surface area contributed by atoms with E-state index >= 15 is 0 Å². The highest BCUT2D eigenvalue weighted by molar-refractivity contribution is 5.57. The monoisotopic (exact) mass is 463 g/mol. The molecule has 35 heavy (non-hydrogen) atoms. The molecule has 0 saturated heterocycles. The van der Waals surface area contributed by atoms with Crippen molar-refractivity contribution in [3.8, 4) is 22.8 Å². The fourth-order valence-electron chi connectivity index (χ4n) is 4.71. The first-order valence-corrected chi connectivity index (χ1v) is 11.8. The molecule has 0 atom stereocenters. The van der Waals surface area contributed by atoms with Crippen LogP contribution in [0.4, 0.5) is 0 Å². The number of aromatic amines is 1. The number of phenolic OH excluding ortho intramolecular Hbond substituents is 1. The van der Waals surface area contributed by atoms with Gasteiger partial charge in [0.25, 0.3) is 0 Å². The Labute approximate surface area is 205 Å².